The van der Waals surface area contributed by atoms with Gasteiger partial charge in [0.2, 0.25) is 0 Å². The van der Waals surface area contributed by atoms with E-state index in [0.29, 0.717) is 24.3 Å². The van der Waals surface area contributed by atoms with E-state index in [0.717, 1.165) is 0 Å². The molecule has 0 aromatic heterocycles. The first-order chi connectivity index (χ1) is 9.26. The lowest BCUT2D eigenvalue weighted by molar-refractivity contribution is 0.0697. The summed E-state index contributed by atoms with van der Waals surface area (Å²) in [4.78, 5) is 12.9. The predicted octanol–water partition coefficient (Wildman–Crippen LogP) is 1.23. The Balaban J connectivity index is 2.78. The van der Waals surface area contributed by atoms with Crippen molar-refractivity contribution in [1.82, 2.24) is 0 Å². The fraction of sp³-hybridized carbons (Fsp3) is 0.462. The summed E-state index contributed by atoms with van der Waals surface area (Å²) >= 11 is 0. The number of nitrogens with zero attached hydrogens (tertiary/aromatic N) is 1. The van der Waals surface area contributed by atoms with Gasteiger partial charge < -0.3 is 15.7 Å². The first-order valence-corrected chi connectivity index (χ1v) is 8.13. The summed E-state index contributed by atoms with van der Waals surface area (Å²) in [6.07, 6.45) is 0.454. The third-order valence-corrected chi connectivity index (χ3v) is 4.84. The number of hydrogen-bond donors (Lipinski definition) is 2. The lowest BCUT2D eigenvalue weighted by atomic mass is 10.1. The minimum absolute atomic E-state index is 0.102. The van der Waals surface area contributed by atoms with Gasteiger partial charge in [-0.05, 0) is 24.6 Å². The van der Waals surface area contributed by atoms with E-state index in [1.165, 1.54) is 6.07 Å². The molecule has 0 fully saturated rings. The number of sulfone groups is 1. The molecule has 20 heavy (non-hydrogen) atoms. The van der Waals surface area contributed by atoms with Crippen molar-refractivity contribution >= 4 is 27.2 Å². The molecule has 0 unspecified atom stereocenters. The van der Waals surface area contributed by atoms with Gasteiger partial charge >= 0.3 is 5.97 Å². The number of carboxylic acids is 1. The summed E-state index contributed by atoms with van der Waals surface area (Å²) in [7, 11) is -1.26. The van der Waals surface area contributed by atoms with Crippen molar-refractivity contribution < 1.29 is 18.3 Å². The van der Waals surface area contributed by atoms with Crippen molar-refractivity contribution in [2.45, 2.75) is 13.3 Å². The highest BCUT2D eigenvalue weighted by atomic mass is 32.2. The van der Waals surface area contributed by atoms with E-state index < -0.39 is 15.8 Å². The number of nitrogens with two attached hydrogens (primary N) is 1. The van der Waals surface area contributed by atoms with Gasteiger partial charge in [-0.1, -0.05) is 6.92 Å². The van der Waals surface area contributed by atoms with Crippen molar-refractivity contribution in [1.29, 1.82) is 0 Å². The first-order valence-electron chi connectivity index (χ1n) is 6.31. The topological polar surface area (TPSA) is 101 Å². The molecule has 1 rings (SSSR count). The first kappa shape index (κ1) is 16.3. The van der Waals surface area contributed by atoms with E-state index in [1.54, 1.807) is 31.0 Å². The normalized spacial score (nSPS) is 11.3. The zero-order chi connectivity index (χ0) is 15.3. The van der Waals surface area contributed by atoms with Gasteiger partial charge in [0.05, 0.1) is 17.0 Å². The van der Waals surface area contributed by atoms with Gasteiger partial charge in [0.1, 0.15) is 9.84 Å². The molecule has 0 atom stereocenters. The van der Waals surface area contributed by atoms with Crippen LogP contribution in [0.4, 0.5) is 11.4 Å². The summed E-state index contributed by atoms with van der Waals surface area (Å²) in [6, 6.07) is 4.66. The molecule has 0 aliphatic heterocycles. The molecule has 0 heterocycles. The number of nitrogen functional groups attached to an aromatic ring is 1. The number of hydrogen-bond acceptors (Lipinski definition) is 5. The van der Waals surface area contributed by atoms with Gasteiger partial charge in [0.25, 0.3) is 0 Å². The third-order valence-electron chi connectivity index (χ3n) is 3.05. The Morgan fingerprint density at radius 2 is 2.05 bits per heavy atom. The number of carbonyl (C=O) groups is 1. The van der Waals surface area contributed by atoms with Crippen LogP contribution in [0.5, 0.6) is 0 Å². The van der Waals surface area contributed by atoms with Gasteiger partial charge in [0, 0.05) is 25.0 Å². The van der Waals surface area contributed by atoms with Crippen LogP contribution in [0, 0.1) is 0 Å². The van der Waals surface area contributed by atoms with E-state index >= 15 is 0 Å². The van der Waals surface area contributed by atoms with Gasteiger partial charge in [-0.2, -0.15) is 0 Å². The van der Waals surface area contributed by atoms with E-state index in [9.17, 15) is 13.2 Å². The van der Waals surface area contributed by atoms with Gasteiger partial charge in [-0.3, -0.25) is 0 Å². The van der Waals surface area contributed by atoms with Crippen LogP contribution < -0.4 is 10.6 Å². The monoisotopic (exact) mass is 300 g/mol. The smallest absolute Gasteiger partial charge is 0.337 e. The molecule has 0 saturated carbocycles. The highest BCUT2D eigenvalue weighted by molar-refractivity contribution is 7.91. The fourth-order valence-electron chi connectivity index (χ4n) is 1.84. The van der Waals surface area contributed by atoms with Crippen LogP contribution in [0.3, 0.4) is 0 Å². The molecule has 0 amide bonds. The molecule has 3 N–H and O–H groups in total. The predicted molar refractivity (Wildman–Crippen MR) is 80.0 cm³/mol. The molecule has 0 aliphatic rings. The molecule has 0 radical (unpaired) electrons. The molecular weight excluding hydrogens is 280 g/mol. The van der Waals surface area contributed by atoms with E-state index in [1.807, 2.05) is 0 Å². The van der Waals surface area contributed by atoms with E-state index in [2.05, 4.69) is 0 Å². The summed E-state index contributed by atoms with van der Waals surface area (Å²) in [5, 5.41) is 9.15. The van der Waals surface area contributed by atoms with Gasteiger partial charge in [-0.25, -0.2) is 13.2 Å². The van der Waals surface area contributed by atoms with Gasteiger partial charge in [-0.15, -0.1) is 0 Å². The Morgan fingerprint density at radius 1 is 1.40 bits per heavy atom. The Hall–Kier alpha value is -1.76. The maximum absolute atomic E-state index is 11.4. The molecule has 1 aromatic rings. The third kappa shape index (κ3) is 4.41. The molecule has 7 heteroatoms. The molecule has 112 valence electrons. The van der Waals surface area contributed by atoms with E-state index in [4.69, 9.17) is 10.8 Å². The van der Waals surface area contributed by atoms with Crippen molar-refractivity contribution in [2.75, 3.05) is 35.7 Å². The van der Waals surface area contributed by atoms with Crippen LogP contribution in [0.2, 0.25) is 0 Å². The summed E-state index contributed by atoms with van der Waals surface area (Å²) in [5.74, 6) is -0.829. The highest BCUT2D eigenvalue weighted by Crippen LogP contribution is 2.22. The SMILES string of the molecule is CCS(=O)(=O)CCCN(C)c1ccc(N)cc1C(=O)O. The van der Waals surface area contributed by atoms with Crippen LogP contribution in [0.15, 0.2) is 18.2 Å². The number of rotatable bonds is 7. The van der Waals surface area contributed by atoms with E-state index in [-0.39, 0.29) is 17.1 Å². The zero-order valence-electron chi connectivity index (χ0n) is 11.7. The standard InChI is InChI=1S/C13H20N2O4S/c1-3-20(18,19)8-4-7-15(2)12-6-5-10(14)9-11(12)13(16)17/h5-6,9H,3-4,7-8,14H2,1-2H3,(H,16,17). The Morgan fingerprint density at radius 3 is 2.60 bits per heavy atom. The molecule has 6 nitrogen and oxygen atoms in total. The maximum Gasteiger partial charge on any atom is 0.337 e. The largest absolute Gasteiger partial charge is 0.478 e. The van der Waals surface area contributed by atoms with Crippen molar-refractivity contribution in [2.24, 2.45) is 0 Å². The van der Waals surface area contributed by atoms with Crippen molar-refractivity contribution in [3.8, 4) is 0 Å². The molecular formula is C13H20N2O4S. The average molecular weight is 300 g/mol. The molecule has 0 bridgehead atoms. The number of carboxylic acid groups (broad SMARTS) is 1. The molecule has 1 aromatic carbocycles. The fourth-order valence-corrected chi connectivity index (χ4v) is 2.70. The lowest BCUT2D eigenvalue weighted by Crippen LogP contribution is -2.23. The second kappa shape index (κ2) is 6.60. The van der Waals surface area contributed by atoms with Crippen molar-refractivity contribution in [3.05, 3.63) is 23.8 Å². The minimum atomic E-state index is -2.99. The number of aromatic carboxylic acids is 1. The minimum Gasteiger partial charge on any atom is -0.478 e. The summed E-state index contributed by atoms with van der Waals surface area (Å²) < 4.78 is 22.8. The van der Waals surface area contributed by atoms with Crippen LogP contribution >= 0.6 is 0 Å². The molecule has 0 spiro atoms. The molecule has 0 saturated heterocycles. The lowest BCUT2D eigenvalue weighted by Gasteiger charge is -2.21. The zero-order valence-corrected chi connectivity index (χ0v) is 12.5. The Bertz CT molecular complexity index is 584. The van der Waals surface area contributed by atoms with Crippen LogP contribution in [0.25, 0.3) is 0 Å². The Kier molecular flexibility index (Phi) is 5.38. The second-order valence-electron chi connectivity index (χ2n) is 4.59. The number of anilines is 2. The summed E-state index contributed by atoms with van der Waals surface area (Å²) in [5.41, 5.74) is 6.61. The highest BCUT2D eigenvalue weighted by Gasteiger charge is 2.14. The summed E-state index contributed by atoms with van der Waals surface area (Å²) in [6.45, 7) is 2.07. The van der Waals surface area contributed by atoms with Gasteiger partial charge in [0.15, 0.2) is 0 Å². The van der Waals surface area contributed by atoms with Crippen LogP contribution in [0.1, 0.15) is 23.7 Å². The second-order valence-corrected chi connectivity index (χ2v) is 7.07. The van der Waals surface area contributed by atoms with Crippen LogP contribution in [-0.4, -0.2) is 44.6 Å². The molecule has 0 aliphatic carbocycles. The Labute approximate surface area is 119 Å². The quantitative estimate of drug-likeness (QED) is 0.734. The number of benzene rings is 1. The van der Waals surface area contributed by atoms with Crippen LogP contribution in [-0.2, 0) is 9.84 Å². The maximum atomic E-state index is 11.4. The van der Waals surface area contributed by atoms with Crippen molar-refractivity contribution in [3.63, 3.8) is 0 Å². The average Bonchev–Trinajstić information content (AvgIpc) is 2.38.